The lowest BCUT2D eigenvalue weighted by molar-refractivity contribution is 0.0693. The van der Waals surface area contributed by atoms with Crippen LogP contribution in [-0.4, -0.2) is 27.1 Å². The summed E-state index contributed by atoms with van der Waals surface area (Å²) in [6.07, 6.45) is 5.70. The third-order valence-corrected chi connectivity index (χ3v) is 3.75. The number of hydrogen-bond acceptors (Lipinski definition) is 4. The van der Waals surface area contributed by atoms with Gasteiger partial charge >= 0.3 is 12.0 Å². The molecule has 1 fully saturated rings. The third-order valence-electron chi connectivity index (χ3n) is 3.75. The highest BCUT2D eigenvalue weighted by molar-refractivity contribution is 5.88. The predicted molar refractivity (Wildman–Crippen MR) is 70.4 cm³/mol. The van der Waals surface area contributed by atoms with Crippen molar-refractivity contribution < 1.29 is 14.6 Å². The molecule has 19 heavy (non-hydrogen) atoms. The van der Waals surface area contributed by atoms with Crippen molar-refractivity contribution in [3.05, 3.63) is 17.5 Å². The van der Waals surface area contributed by atoms with Gasteiger partial charge in [-0.25, -0.2) is 9.78 Å². The molecule has 1 aromatic rings. The summed E-state index contributed by atoms with van der Waals surface area (Å²) in [6.45, 7) is 6.19. The van der Waals surface area contributed by atoms with Gasteiger partial charge in [-0.05, 0) is 38.0 Å². The highest BCUT2D eigenvalue weighted by Gasteiger charge is 2.28. The van der Waals surface area contributed by atoms with Crippen LogP contribution in [0.15, 0.2) is 6.20 Å². The van der Waals surface area contributed by atoms with Gasteiger partial charge in [0.05, 0.1) is 11.3 Å². The van der Waals surface area contributed by atoms with E-state index < -0.39 is 5.97 Å². The van der Waals surface area contributed by atoms with Gasteiger partial charge in [-0.15, -0.1) is 0 Å². The number of ether oxygens (including phenoxy) is 1. The van der Waals surface area contributed by atoms with Gasteiger partial charge in [0.15, 0.2) is 0 Å². The molecule has 1 aliphatic carbocycles. The van der Waals surface area contributed by atoms with Crippen LogP contribution in [0.5, 0.6) is 6.01 Å². The zero-order valence-corrected chi connectivity index (χ0v) is 11.6. The number of aryl methyl sites for hydroxylation is 1. The van der Waals surface area contributed by atoms with E-state index >= 15 is 0 Å². The number of carbonyl (C=O) groups is 1. The SMILES string of the molecule is Cc1nc(OC2CCC(C)(C)CC2)ncc1C(=O)O. The lowest BCUT2D eigenvalue weighted by Crippen LogP contribution is -2.29. The standard InChI is InChI=1S/C14H20N2O3/c1-9-11(12(17)18)8-15-13(16-9)19-10-4-6-14(2,3)7-5-10/h8,10H,4-7H2,1-3H3,(H,17,18). The van der Waals surface area contributed by atoms with Gasteiger partial charge in [0, 0.05) is 6.20 Å². The summed E-state index contributed by atoms with van der Waals surface area (Å²) >= 11 is 0. The molecule has 1 N–H and O–H groups in total. The molecule has 0 aliphatic heterocycles. The number of carboxylic acids is 1. The van der Waals surface area contributed by atoms with E-state index in [1.54, 1.807) is 6.92 Å². The minimum Gasteiger partial charge on any atom is -0.478 e. The van der Waals surface area contributed by atoms with Gasteiger partial charge in [0.1, 0.15) is 6.10 Å². The molecule has 1 aromatic heterocycles. The predicted octanol–water partition coefficient (Wildman–Crippen LogP) is 2.83. The van der Waals surface area contributed by atoms with Crippen LogP contribution in [0.3, 0.4) is 0 Å². The summed E-state index contributed by atoms with van der Waals surface area (Å²) in [4.78, 5) is 19.0. The molecule has 0 amide bonds. The molecule has 1 aliphatic rings. The van der Waals surface area contributed by atoms with Crippen LogP contribution < -0.4 is 4.74 Å². The van der Waals surface area contributed by atoms with Crippen LogP contribution in [0.1, 0.15) is 55.6 Å². The van der Waals surface area contributed by atoms with E-state index in [0.29, 0.717) is 11.1 Å². The first-order valence-corrected chi connectivity index (χ1v) is 6.61. The summed E-state index contributed by atoms with van der Waals surface area (Å²) in [7, 11) is 0. The highest BCUT2D eigenvalue weighted by atomic mass is 16.5. The van der Waals surface area contributed by atoms with Gasteiger partial charge in [-0.2, -0.15) is 4.98 Å². The van der Waals surface area contributed by atoms with Gasteiger partial charge < -0.3 is 9.84 Å². The molecule has 0 unspecified atom stereocenters. The Morgan fingerprint density at radius 3 is 2.58 bits per heavy atom. The first kappa shape index (κ1) is 13.8. The maximum absolute atomic E-state index is 10.9. The second kappa shape index (κ2) is 5.15. The van der Waals surface area contributed by atoms with Crippen molar-refractivity contribution in [1.29, 1.82) is 0 Å². The lowest BCUT2D eigenvalue weighted by atomic mass is 9.76. The Balaban J connectivity index is 2.01. The summed E-state index contributed by atoms with van der Waals surface area (Å²) in [5.74, 6) is -1.01. The zero-order valence-electron chi connectivity index (χ0n) is 11.6. The number of nitrogens with zero attached hydrogens (tertiary/aromatic N) is 2. The van der Waals surface area contributed by atoms with E-state index in [0.717, 1.165) is 25.7 Å². The Morgan fingerprint density at radius 1 is 1.42 bits per heavy atom. The minimum atomic E-state index is -1.01. The van der Waals surface area contributed by atoms with Crippen molar-refractivity contribution >= 4 is 5.97 Å². The first-order valence-electron chi connectivity index (χ1n) is 6.61. The number of hydrogen-bond donors (Lipinski definition) is 1. The van der Waals surface area contributed by atoms with E-state index in [4.69, 9.17) is 9.84 Å². The highest BCUT2D eigenvalue weighted by Crippen LogP contribution is 2.36. The Labute approximate surface area is 113 Å². The van der Waals surface area contributed by atoms with Crippen LogP contribution >= 0.6 is 0 Å². The Morgan fingerprint density at radius 2 is 2.05 bits per heavy atom. The Hall–Kier alpha value is -1.65. The van der Waals surface area contributed by atoms with Gasteiger partial charge in [0.2, 0.25) is 0 Å². The van der Waals surface area contributed by atoms with Crippen molar-refractivity contribution in [2.45, 2.75) is 52.6 Å². The topological polar surface area (TPSA) is 72.3 Å². The molecule has 0 aromatic carbocycles. The van der Waals surface area contributed by atoms with Gasteiger partial charge in [0.25, 0.3) is 0 Å². The molecular formula is C14H20N2O3. The van der Waals surface area contributed by atoms with E-state index in [9.17, 15) is 4.79 Å². The fourth-order valence-corrected chi connectivity index (χ4v) is 2.35. The smallest absolute Gasteiger partial charge is 0.339 e. The van der Waals surface area contributed by atoms with Crippen LogP contribution in [0.25, 0.3) is 0 Å². The van der Waals surface area contributed by atoms with E-state index in [2.05, 4.69) is 23.8 Å². The molecule has 0 bridgehead atoms. The average molecular weight is 264 g/mol. The maximum Gasteiger partial charge on any atom is 0.339 e. The van der Waals surface area contributed by atoms with E-state index in [-0.39, 0.29) is 17.7 Å². The van der Waals surface area contributed by atoms with Crippen molar-refractivity contribution in [3.63, 3.8) is 0 Å². The van der Waals surface area contributed by atoms with Crippen molar-refractivity contribution in [2.24, 2.45) is 5.41 Å². The average Bonchev–Trinajstić information content (AvgIpc) is 2.31. The second-order valence-electron chi connectivity index (χ2n) is 5.94. The molecule has 0 atom stereocenters. The van der Waals surface area contributed by atoms with Gasteiger partial charge in [-0.1, -0.05) is 13.8 Å². The fraction of sp³-hybridized carbons (Fsp3) is 0.643. The summed E-state index contributed by atoms with van der Waals surface area (Å²) < 4.78 is 5.75. The molecule has 104 valence electrons. The fourth-order valence-electron chi connectivity index (χ4n) is 2.35. The molecule has 5 heteroatoms. The monoisotopic (exact) mass is 264 g/mol. The normalized spacial score (nSPS) is 19.1. The molecule has 0 spiro atoms. The molecule has 1 saturated carbocycles. The van der Waals surface area contributed by atoms with Crippen molar-refractivity contribution in [2.75, 3.05) is 0 Å². The number of carboxylic acid groups (broad SMARTS) is 1. The molecule has 2 rings (SSSR count). The largest absolute Gasteiger partial charge is 0.478 e. The molecule has 1 heterocycles. The van der Waals surface area contributed by atoms with Crippen LogP contribution in [0, 0.1) is 12.3 Å². The second-order valence-corrected chi connectivity index (χ2v) is 5.94. The summed E-state index contributed by atoms with van der Waals surface area (Å²) in [6, 6.07) is 0.284. The van der Waals surface area contributed by atoms with E-state index in [1.165, 1.54) is 6.20 Å². The van der Waals surface area contributed by atoms with Crippen molar-refractivity contribution in [3.8, 4) is 6.01 Å². The Kier molecular flexibility index (Phi) is 3.73. The van der Waals surface area contributed by atoms with Gasteiger partial charge in [-0.3, -0.25) is 0 Å². The van der Waals surface area contributed by atoms with Crippen LogP contribution in [0.2, 0.25) is 0 Å². The van der Waals surface area contributed by atoms with Crippen LogP contribution in [0.4, 0.5) is 0 Å². The summed E-state index contributed by atoms with van der Waals surface area (Å²) in [5, 5.41) is 8.91. The first-order chi connectivity index (χ1) is 8.87. The number of aromatic nitrogens is 2. The number of aromatic carboxylic acids is 1. The van der Waals surface area contributed by atoms with Crippen molar-refractivity contribution in [1.82, 2.24) is 9.97 Å². The zero-order chi connectivity index (χ0) is 14.0. The van der Waals surface area contributed by atoms with Crippen LogP contribution in [-0.2, 0) is 0 Å². The maximum atomic E-state index is 10.9. The minimum absolute atomic E-state index is 0.122. The molecule has 0 saturated heterocycles. The summed E-state index contributed by atoms with van der Waals surface area (Å²) in [5.41, 5.74) is 0.954. The molecule has 5 nitrogen and oxygen atoms in total. The van der Waals surface area contributed by atoms with E-state index in [1.807, 2.05) is 0 Å². The third kappa shape index (κ3) is 3.43. The molecular weight excluding hydrogens is 244 g/mol. The lowest BCUT2D eigenvalue weighted by Gasteiger charge is -2.33. The number of rotatable bonds is 3. The molecule has 0 radical (unpaired) electrons. The Bertz CT molecular complexity index is 476. The quantitative estimate of drug-likeness (QED) is 0.908.